The lowest BCUT2D eigenvalue weighted by Crippen LogP contribution is -2.23. The van der Waals surface area contributed by atoms with Crippen LogP contribution >= 0.6 is 11.8 Å². The summed E-state index contributed by atoms with van der Waals surface area (Å²) in [5.41, 5.74) is 4.36. The SMILES string of the molecule is CSc1ncc(CN(C)c2ccc3nn(C)cc3c2)c(N(C=O)c2ccc(C)nc2)n1. The highest BCUT2D eigenvalue weighted by Crippen LogP contribution is 2.29. The molecule has 0 spiro atoms. The smallest absolute Gasteiger partial charge is 0.219 e. The molecule has 0 saturated heterocycles. The molecule has 0 bridgehead atoms. The molecular weight excluding hydrogens is 410 g/mol. The number of benzene rings is 1. The predicted octanol–water partition coefficient (Wildman–Crippen LogP) is 3.72. The van der Waals surface area contributed by atoms with Crippen LogP contribution in [0.5, 0.6) is 0 Å². The minimum atomic E-state index is 0.527. The van der Waals surface area contributed by atoms with E-state index in [0.717, 1.165) is 34.3 Å². The number of nitrogens with zero attached hydrogens (tertiary/aromatic N) is 7. The van der Waals surface area contributed by atoms with Crippen molar-refractivity contribution in [1.29, 1.82) is 0 Å². The van der Waals surface area contributed by atoms with E-state index in [0.29, 0.717) is 23.2 Å². The molecule has 0 N–H and O–H groups in total. The number of aryl methyl sites for hydroxylation is 2. The van der Waals surface area contributed by atoms with Crippen LogP contribution in [0.3, 0.4) is 0 Å². The van der Waals surface area contributed by atoms with Crippen LogP contribution in [0.1, 0.15) is 11.3 Å². The van der Waals surface area contributed by atoms with E-state index >= 15 is 0 Å². The largest absolute Gasteiger partial charge is 0.370 e. The first kappa shape index (κ1) is 20.8. The number of hydrogen-bond donors (Lipinski definition) is 0. The maximum atomic E-state index is 12.1. The second-order valence-electron chi connectivity index (χ2n) is 7.24. The maximum absolute atomic E-state index is 12.1. The minimum Gasteiger partial charge on any atom is -0.370 e. The van der Waals surface area contributed by atoms with Crippen molar-refractivity contribution >= 4 is 46.3 Å². The lowest BCUT2D eigenvalue weighted by Gasteiger charge is -2.24. The summed E-state index contributed by atoms with van der Waals surface area (Å²) in [6.45, 7) is 2.43. The van der Waals surface area contributed by atoms with Crippen LogP contribution in [-0.2, 0) is 18.4 Å². The van der Waals surface area contributed by atoms with Crippen LogP contribution in [0.2, 0.25) is 0 Å². The highest BCUT2D eigenvalue weighted by Gasteiger charge is 2.18. The number of carbonyl (C=O) groups is 1. The van der Waals surface area contributed by atoms with Crippen molar-refractivity contribution in [2.75, 3.05) is 23.1 Å². The molecule has 0 aliphatic heterocycles. The molecular formula is C22H23N7OS. The van der Waals surface area contributed by atoms with Crippen molar-refractivity contribution in [2.24, 2.45) is 7.05 Å². The molecule has 0 radical (unpaired) electrons. The number of pyridine rings is 1. The minimum absolute atomic E-state index is 0.527. The van der Waals surface area contributed by atoms with Gasteiger partial charge in [-0.1, -0.05) is 11.8 Å². The Morgan fingerprint density at radius 2 is 1.94 bits per heavy atom. The summed E-state index contributed by atoms with van der Waals surface area (Å²) in [5, 5.41) is 6.10. The number of carbonyl (C=O) groups excluding carboxylic acids is 1. The molecule has 0 saturated carbocycles. The lowest BCUT2D eigenvalue weighted by molar-refractivity contribution is -0.106. The Hall–Kier alpha value is -3.46. The third-order valence-electron chi connectivity index (χ3n) is 4.96. The predicted molar refractivity (Wildman–Crippen MR) is 124 cm³/mol. The van der Waals surface area contributed by atoms with Crippen molar-refractivity contribution in [2.45, 2.75) is 18.6 Å². The molecule has 9 heteroatoms. The van der Waals surface area contributed by atoms with Gasteiger partial charge in [0.15, 0.2) is 5.16 Å². The average Bonchev–Trinajstić information content (AvgIpc) is 3.15. The highest BCUT2D eigenvalue weighted by atomic mass is 32.2. The summed E-state index contributed by atoms with van der Waals surface area (Å²) in [6.07, 6.45) is 8.13. The van der Waals surface area contributed by atoms with Gasteiger partial charge < -0.3 is 4.90 Å². The zero-order valence-corrected chi connectivity index (χ0v) is 18.7. The average molecular weight is 434 g/mol. The van der Waals surface area contributed by atoms with E-state index < -0.39 is 0 Å². The number of hydrogen-bond acceptors (Lipinski definition) is 7. The maximum Gasteiger partial charge on any atom is 0.219 e. The Morgan fingerprint density at radius 1 is 1.13 bits per heavy atom. The molecule has 0 fully saturated rings. The Labute approximate surface area is 184 Å². The van der Waals surface area contributed by atoms with Gasteiger partial charge >= 0.3 is 0 Å². The van der Waals surface area contributed by atoms with E-state index in [1.54, 1.807) is 17.1 Å². The Morgan fingerprint density at radius 3 is 2.65 bits per heavy atom. The Bertz CT molecular complexity index is 1220. The highest BCUT2D eigenvalue weighted by molar-refractivity contribution is 7.98. The molecule has 4 aromatic rings. The molecule has 0 aliphatic rings. The second kappa shape index (κ2) is 8.73. The number of rotatable bonds is 7. The molecule has 31 heavy (non-hydrogen) atoms. The zero-order valence-electron chi connectivity index (χ0n) is 17.9. The first-order valence-electron chi connectivity index (χ1n) is 9.70. The third-order valence-corrected chi connectivity index (χ3v) is 5.52. The number of fused-ring (bicyclic) bond motifs is 1. The van der Waals surface area contributed by atoms with Gasteiger partial charge in [0.2, 0.25) is 6.41 Å². The quantitative estimate of drug-likeness (QED) is 0.250. The summed E-state index contributed by atoms with van der Waals surface area (Å²) >= 11 is 1.43. The van der Waals surface area contributed by atoms with Gasteiger partial charge in [-0.15, -0.1) is 0 Å². The van der Waals surface area contributed by atoms with Crippen LogP contribution < -0.4 is 9.80 Å². The fourth-order valence-electron chi connectivity index (χ4n) is 3.36. The van der Waals surface area contributed by atoms with E-state index in [1.807, 2.05) is 57.7 Å². The molecule has 1 aromatic carbocycles. The van der Waals surface area contributed by atoms with Gasteiger partial charge in [-0.05, 0) is 43.5 Å². The number of thioether (sulfide) groups is 1. The summed E-state index contributed by atoms with van der Waals surface area (Å²) in [4.78, 5) is 29.1. The van der Waals surface area contributed by atoms with Gasteiger partial charge in [0.25, 0.3) is 0 Å². The normalized spacial score (nSPS) is 11.0. The van der Waals surface area contributed by atoms with Crippen LogP contribution in [-0.4, -0.2) is 44.4 Å². The Balaban J connectivity index is 1.69. The summed E-state index contributed by atoms with van der Waals surface area (Å²) in [6, 6.07) is 9.87. The van der Waals surface area contributed by atoms with Crippen LogP contribution in [0.15, 0.2) is 54.1 Å². The summed E-state index contributed by atoms with van der Waals surface area (Å²) < 4.78 is 1.80. The van der Waals surface area contributed by atoms with Gasteiger partial charge in [-0.25, -0.2) is 9.97 Å². The molecule has 8 nitrogen and oxygen atoms in total. The van der Waals surface area contributed by atoms with Crippen molar-refractivity contribution < 1.29 is 4.79 Å². The lowest BCUT2D eigenvalue weighted by atomic mass is 10.2. The molecule has 0 unspecified atom stereocenters. The fraction of sp³-hybridized carbons (Fsp3) is 0.227. The van der Waals surface area contributed by atoms with Gasteiger partial charge in [0, 0.05) is 55.4 Å². The molecule has 158 valence electrons. The van der Waals surface area contributed by atoms with Gasteiger partial charge in [0.05, 0.1) is 17.4 Å². The monoisotopic (exact) mass is 433 g/mol. The topological polar surface area (TPSA) is 80.0 Å². The van der Waals surface area contributed by atoms with Gasteiger partial charge in [-0.3, -0.25) is 19.4 Å². The molecule has 1 amide bonds. The molecule has 3 heterocycles. The van der Waals surface area contributed by atoms with E-state index in [-0.39, 0.29) is 0 Å². The van der Waals surface area contributed by atoms with E-state index in [1.165, 1.54) is 16.7 Å². The second-order valence-corrected chi connectivity index (χ2v) is 8.01. The number of anilines is 3. The summed E-state index contributed by atoms with van der Waals surface area (Å²) in [7, 11) is 3.91. The van der Waals surface area contributed by atoms with E-state index in [2.05, 4.69) is 31.0 Å². The molecule has 4 rings (SSSR count). The first-order valence-corrected chi connectivity index (χ1v) is 10.9. The van der Waals surface area contributed by atoms with Crippen LogP contribution in [0.25, 0.3) is 10.9 Å². The van der Waals surface area contributed by atoms with Crippen molar-refractivity contribution in [3.63, 3.8) is 0 Å². The molecule has 0 aliphatic carbocycles. The molecule has 3 aromatic heterocycles. The van der Waals surface area contributed by atoms with Crippen molar-refractivity contribution in [3.05, 3.63) is 60.2 Å². The Kier molecular flexibility index (Phi) is 5.85. The van der Waals surface area contributed by atoms with E-state index in [9.17, 15) is 4.79 Å². The summed E-state index contributed by atoms with van der Waals surface area (Å²) in [5.74, 6) is 0.550. The van der Waals surface area contributed by atoms with Crippen molar-refractivity contribution in [3.8, 4) is 0 Å². The first-order chi connectivity index (χ1) is 15.0. The van der Waals surface area contributed by atoms with Gasteiger partial charge in [0.1, 0.15) is 5.82 Å². The molecule has 0 atom stereocenters. The standard InChI is InChI=1S/C22H23N7OS/c1-15-5-6-19(11-23-15)29(14-30)21-17(10-24-22(25-21)31-4)12-27(2)18-7-8-20-16(9-18)13-28(3)26-20/h5-11,13-14H,12H2,1-4H3. The third kappa shape index (κ3) is 4.36. The van der Waals surface area contributed by atoms with E-state index in [4.69, 9.17) is 0 Å². The number of amides is 1. The number of aromatic nitrogens is 5. The van der Waals surface area contributed by atoms with Crippen molar-refractivity contribution in [1.82, 2.24) is 24.7 Å². The van der Waals surface area contributed by atoms with Crippen LogP contribution in [0.4, 0.5) is 17.2 Å². The zero-order chi connectivity index (χ0) is 22.0. The van der Waals surface area contributed by atoms with Gasteiger partial charge in [-0.2, -0.15) is 5.10 Å². The fourth-order valence-corrected chi connectivity index (χ4v) is 3.69. The van der Waals surface area contributed by atoms with Crippen LogP contribution in [0, 0.1) is 6.92 Å².